The van der Waals surface area contributed by atoms with Gasteiger partial charge >= 0.3 is 0 Å². The summed E-state index contributed by atoms with van der Waals surface area (Å²) in [6.45, 7) is 0.197. The summed E-state index contributed by atoms with van der Waals surface area (Å²) in [6, 6.07) is 5.83. The van der Waals surface area contributed by atoms with Gasteiger partial charge in [-0.05, 0) is 17.7 Å². The number of hydrogen-bond donors (Lipinski definition) is 0. The van der Waals surface area contributed by atoms with Crippen molar-refractivity contribution in [1.82, 2.24) is 9.58 Å². The number of amides is 2. The van der Waals surface area contributed by atoms with Crippen molar-refractivity contribution < 1.29 is 14.0 Å². The number of benzene rings is 1. The topological polar surface area (TPSA) is 67.0 Å². The van der Waals surface area contributed by atoms with Crippen LogP contribution in [0.5, 0.6) is 0 Å². The Balaban J connectivity index is 1.81. The molecule has 0 radical (unpaired) electrons. The molecule has 0 aliphatic carbocycles. The van der Waals surface area contributed by atoms with E-state index in [4.69, 9.17) is 0 Å². The summed E-state index contributed by atoms with van der Waals surface area (Å²) in [7, 11) is 1.80. The number of hydrazone groups is 1. The Morgan fingerprint density at radius 2 is 2.08 bits per heavy atom. The number of aryl methyl sites for hydroxylation is 1. The van der Waals surface area contributed by atoms with Crippen molar-refractivity contribution in [1.29, 1.82) is 0 Å². The zero-order valence-electron chi connectivity index (χ0n) is 13.0. The normalized spacial score (nSPS) is 15.6. The maximum Gasteiger partial charge on any atom is 0.295 e. The molecular weight excluding hydrogens is 331 g/mol. The molecule has 0 bridgehead atoms. The van der Waals surface area contributed by atoms with Gasteiger partial charge in [0, 0.05) is 31.5 Å². The largest absolute Gasteiger partial charge is 0.327 e. The average Bonchev–Trinajstić information content (AvgIpc) is 2.96. The quantitative estimate of drug-likeness (QED) is 0.851. The molecule has 3 rings (SSSR count). The third-order valence-corrected chi connectivity index (χ3v) is 4.40. The van der Waals surface area contributed by atoms with Crippen LogP contribution < -0.4 is 4.80 Å². The average molecular weight is 346 g/mol. The fraction of sp³-hybridized carbons (Fsp3) is 0.250. The first kappa shape index (κ1) is 16.3. The summed E-state index contributed by atoms with van der Waals surface area (Å²) >= 11 is 1.35. The second-order valence-electron chi connectivity index (χ2n) is 5.34. The molecule has 0 saturated carbocycles. The van der Waals surface area contributed by atoms with E-state index in [9.17, 15) is 14.0 Å². The summed E-state index contributed by atoms with van der Waals surface area (Å²) in [5.74, 6) is -0.951. The fourth-order valence-electron chi connectivity index (χ4n) is 2.23. The highest BCUT2D eigenvalue weighted by molar-refractivity contribution is 7.07. The van der Waals surface area contributed by atoms with Crippen molar-refractivity contribution in [2.24, 2.45) is 17.1 Å². The molecule has 2 aromatic rings. The van der Waals surface area contributed by atoms with Crippen LogP contribution in [0.4, 0.5) is 4.39 Å². The molecule has 24 heavy (non-hydrogen) atoms. The third kappa shape index (κ3) is 3.65. The number of hydrogen-bond acceptors (Lipinski definition) is 4. The zero-order chi connectivity index (χ0) is 17.1. The van der Waals surface area contributed by atoms with E-state index in [1.165, 1.54) is 28.5 Å². The Morgan fingerprint density at radius 1 is 1.33 bits per heavy atom. The molecule has 0 spiro atoms. The van der Waals surface area contributed by atoms with Gasteiger partial charge in [-0.25, -0.2) is 9.40 Å². The van der Waals surface area contributed by atoms with Gasteiger partial charge in [0.25, 0.3) is 5.91 Å². The van der Waals surface area contributed by atoms with Gasteiger partial charge in [-0.15, -0.1) is 11.3 Å². The molecule has 1 aromatic carbocycles. The zero-order valence-corrected chi connectivity index (χ0v) is 13.8. The van der Waals surface area contributed by atoms with Gasteiger partial charge in [0.15, 0.2) is 4.80 Å². The first-order valence-electron chi connectivity index (χ1n) is 7.34. The summed E-state index contributed by atoms with van der Waals surface area (Å²) in [6.07, 6.45) is 2.29. The smallest absolute Gasteiger partial charge is 0.295 e. The van der Waals surface area contributed by atoms with Crippen LogP contribution in [0, 0.1) is 5.82 Å². The van der Waals surface area contributed by atoms with Crippen LogP contribution in [0.3, 0.4) is 0 Å². The lowest BCUT2D eigenvalue weighted by molar-refractivity contribution is -0.132. The minimum atomic E-state index is -0.440. The standard InChI is InChI=1S/C16H15FN4O2S/c1-20-8-9-24-16(20)18-15(23)13-6-7-14(22)21(19-13)10-11-2-4-12(17)5-3-11/h2-5,8-9H,6-7,10H2,1H3. The van der Waals surface area contributed by atoms with Crippen molar-refractivity contribution >= 4 is 28.9 Å². The monoisotopic (exact) mass is 346 g/mol. The predicted octanol–water partition coefficient (Wildman–Crippen LogP) is 1.83. The number of thiazole rings is 1. The van der Waals surface area contributed by atoms with Gasteiger partial charge in [-0.3, -0.25) is 9.59 Å². The summed E-state index contributed by atoms with van der Waals surface area (Å²) in [4.78, 5) is 28.9. The first-order valence-corrected chi connectivity index (χ1v) is 8.22. The van der Waals surface area contributed by atoms with Gasteiger partial charge in [0.05, 0.1) is 6.54 Å². The molecule has 0 saturated heterocycles. The molecule has 0 N–H and O–H groups in total. The van der Waals surface area contributed by atoms with E-state index in [0.717, 1.165) is 5.56 Å². The Bertz CT molecular complexity index is 867. The van der Waals surface area contributed by atoms with Crippen LogP contribution >= 0.6 is 11.3 Å². The molecule has 0 unspecified atom stereocenters. The van der Waals surface area contributed by atoms with E-state index in [1.807, 2.05) is 11.6 Å². The predicted molar refractivity (Wildman–Crippen MR) is 87.5 cm³/mol. The molecule has 0 fully saturated rings. The molecule has 2 amide bonds. The van der Waals surface area contributed by atoms with Crippen LogP contribution in [0.15, 0.2) is 45.9 Å². The Morgan fingerprint density at radius 3 is 2.75 bits per heavy atom. The molecule has 124 valence electrons. The highest BCUT2D eigenvalue weighted by Crippen LogP contribution is 2.14. The minimum Gasteiger partial charge on any atom is -0.327 e. The molecule has 1 aliphatic rings. The Labute approximate surface area is 141 Å². The Hall–Kier alpha value is -2.61. The lowest BCUT2D eigenvalue weighted by Gasteiger charge is -2.22. The van der Waals surface area contributed by atoms with Crippen molar-refractivity contribution in [3.63, 3.8) is 0 Å². The summed E-state index contributed by atoms with van der Waals surface area (Å²) in [5.41, 5.74) is 0.994. The van der Waals surface area contributed by atoms with Crippen molar-refractivity contribution in [2.45, 2.75) is 19.4 Å². The number of carbonyl (C=O) groups excluding carboxylic acids is 2. The lowest BCUT2D eigenvalue weighted by atomic mass is 10.1. The van der Waals surface area contributed by atoms with Gasteiger partial charge in [-0.2, -0.15) is 10.1 Å². The maximum absolute atomic E-state index is 13.0. The van der Waals surface area contributed by atoms with Gasteiger partial charge < -0.3 is 4.57 Å². The molecule has 8 heteroatoms. The maximum atomic E-state index is 13.0. The number of carbonyl (C=O) groups is 2. The number of rotatable bonds is 3. The van der Waals surface area contributed by atoms with E-state index in [1.54, 1.807) is 23.7 Å². The minimum absolute atomic E-state index is 0.169. The van der Waals surface area contributed by atoms with Crippen LogP contribution in [-0.4, -0.2) is 27.1 Å². The lowest BCUT2D eigenvalue weighted by Crippen LogP contribution is -2.34. The third-order valence-electron chi connectivity index (χ3n) is 3.55. The first-order chi connectivity index (χ1) is 11.5. The fourth-order valence-corrected chi connectivity index (χ4v) is 2.96. The van der Waals surface area contributed by atoms with Gasteiger partial charge in [0.1, 0.15) is 11.5 Å². The second-order valence-corrected chi connectivity index (χ2v) is 6.21. The van der Waals surface area contributed by atoms with E-state index in [2.05, 4.69) is 10.1 Å². The second kappa shape index (κ2) is 6.88. The van der Waals surface area contributed by atoms with Crippen molar-refractivity contribution in [3.05, 3.63) is 52.0 Å². The SMILES string of the molecule is Cn1ccsc1=NC(=O)C1=NN(Cc2ccc(F)cc2)C(=O)CC1. The van der Waals surface area contributed by atoms with E-state index >= 15 is 0 Å². The summed E-state index contributed by atoms with van der Waals surface area (Å²) in [5, 5.41) is 7.23. The van der Waals surface area contributed by atoms with E-state index in [0.29, 0.717) is 4.80 Å². The molecule has 1 aromatic heterocycles. The van der Waals surface area contributed by atoms with Crippen molar-refractivity contribution in [2.75, 3.05) is 0 Å². The molecule has 1 aliphatic heterocycles. The van der Waals surface area contributed by atoms with Crippen LogP contribution in [0.25, 0.3) is 0 Å². The molecule has 2 heterocycles. The van der Waals surface area contributed by atoms with Crippen LogP contribution in [0.1, 0.15) is 18.4 Å². The molecule has 0 atom stereocenters. The van der Waals surface area contributed by atoms with E-state index < -0.39 is 5.91 Å². The highest BCUT2D eigenvalue weighted by Gasteiger charge is 2.24. The van der Waals surface area contributed by atoms with Crippen LogP contribution in [-0.2, 0) is 23.2 Å². The molecular formula is C16H15FN4O2S. The Kier molecular flexibility index (Phi) is 4.66. The number of nitrogens with zero attached hydrogens (tertiary/aromatic N) is 4. The highest BCUT2D eigenvalue weighted by atomic mass is 32.1. The van der Waals surface area contributed by atoms with E-state index in [-0.39, 0.29) is 36.8 Å². The number of halogens is 1. The van der Waals surface area contributed by atoms with Crippen molar-refractivity contribution in [3.8, 4) is 0 Å². The molecule has 6 nitrogen and oxygen atoms in total. The van der Waals surface area contributed by atoms with Crippen LogP contribution in [0.2, 0.25) is 0 Å². The summed E-state index contributed by atoms with van der Waals surface area (Å²) < 4.78 is 14.7. The van der Waals surface area contributed by atoms with Gasteiger partial charge in [0.2, 0.25) is 5.91 Å². The number of aromatic nitrogens is 1. The van der Waals surface area contributed by atoms with Gasteiger partial charge in [-0.1, -0.05) is 12.1 Å².